The number of nitrogens with one attached hydrogen (secondary N) is 1. The molecule has 1 unspecified atom stereocenters. The number of nitrogens with zero attached hydrogens (tertiary/aromatic N) is 1. The van der Waals surface area contributed by atoms with Gasteiger partial charge in [-0.05, 0) is 63.7 Å². The van der Waals surface area contributed by atoms with Gasteiger partial charge in [-0.3, -0.25) is 0 Å². The Labute approximate surface area is 101 Å². The molecule has 1 saturated carbocycles. The summed E-state index contributed by atoms with van der Waals surface area (Å²) in [5.74, 6) is 2.04. The van der Waals surface area contributed by atoms with E-state index in [0.29, 0.717) is 0 Å². The fourth-order valence-electron chi connectivity index (χ4n) is 2.78. The van der Waals surface area contributed by atoms with E-state index in [-0.39, 0.29) is 0 Å². The van der Waals surface area contributed by atoms with Crippen molar-refractivity contribution in [3.05, 3.63) is 0 Å². The topological polar surface area (TPSA) is 15.3 Å². The Bertz CT molecular complexity index is 189. The molecule has 0 bridgehead atoms. The van der Waals surface area contributed by atoms with Gasteiger partial charge in [0, 0.05) is 6.54 Å². The quantitative estimate of drug-likeness (QED) is 0.637. The first-order valence-corrected chi connectivity index (χ1v) is 7.31. The van der Waals surface area contributed by atoms with E-state index in [1.165, 1.54) is 71.2 Å². The van der Waals surface area contributed by atoms with Crippen LogP contribution in [0.4, 0.5) is 0 Å². The molecule has 0 aromatic heterocycles. The third-order valence-corrected chi connectivity index (χ3v) is 4.01. The Balaban J connectivity index is 1.49. The van der Waals surface area contributed by atoms with Crippen molar-refractivity contribution in [3.63, 3.8) is 0 Å². The molecule has 1 atom stereocenters. The highest BCUT2D eigenvalue weighted by Gasteiger charge is 2.23. The fourth-order valence-corrected chi connectivity index (χ4v) is 2.78. The van der Waals surface area contributed by atoms with Crippen molar-refractivity contribution in [2.24, 2.45) is 11.8 Å². The number of rotatable bonds is 8. The molecular weight excluding hydrogens is 196 g/mol. The molecule has 2 aliphatic rings. The average Bonchev–Trinajstić information content (AvgIpc) is 2.99. The van der Waals surface area contributed by atoms with Crippen LogP contribution in [0.2, 0.25) is 0 Å². The van der Waals surface area contributed by atoms with E-state index >= 15 is 0 Å². The number of hydrogen-bond donors (Lipinski definition) is 1. The molecule has 2 nitrogen and oxygen atoms in total. The second kappa shape index (κ2) is 6.61. The number of hydrogen-bond acceptors (Lipinski definition) is 2. The second-order valence-corrected chi connectivity index (χ2v) is 5.75. The van der Waals surface area contributed by atoms with Gasteiger partial charge in [-0.15, -0.1) is 0 Å². The summed E-state index contributed by atoms with van der Waals surface area (Å²) >= 11 is 0. The van der Waals surface area contributed by atoms with Crippen LogP contribution >= 0.6 is 0 Å². The Morgan fingerprint density at radius 1 is 1.19 bits per heavy atom. The predicted octanol–water partition coefficient (Wildman–Crippen LogP) is 2.50. The molecule has 2 heteroatoms. The molecular formula is C14H28N2. The Hall–Kier alpha value is -0.0800. The van der Waals surface area contributed by atoms with Crippen LogP contribution in [0.3, 0.4) is 0 Å². The molecule has 1 saturated heterocycles. The van der Waals surface area contributed by atoms with Crippen molar-refractivity contribution < 1.29 is 0 Å². The lowest BCUT2D eigenvalue weighted by atomic mass is 10.1. The van der Waals surface area contributed by atoms with Crippen LogP contribution in [0.15, 0.2) is 0 Å². The fraction of sp³-hybridized carbons (Fsp3) is 1.00. The van der Waals surface area contributed by atoms with Crippen molar-refractivity contribution in [3.8, 4) is 0 Å². The van der Waals surface area contributed by atoms with Crippen LogP contribution in [0.5, 0.6) is 0 Å². The average molecular weight is 224 g/mol. The van der Waals surface area contributed by atoms with Gasteiger partial charge in [0.15, 0.2) is 0 Å². The Morgan fingerprint density at radius 3 is 2.81 bits per heavy atom. The van der Waals surface area contributed by atoms with Gasteiger partial charge in [-0.1, -0.05) is 19.8 Å². The summed E-state index contributed by atoms with van der Waals surface area (Å²) in [5.41, 5.74) is 0. The van der Waals surface area contributed by atoms with Crippen LogP contribution in [0, 0.1) is 11.8 Å². The Morgan fingerprint density at radius 2 is 2.06 bits per heavy atom. The largest absolute Gasteiger partial charge is 0.316 e. The molecule has 1 heterocycles. The third kappa shape index (κ3) is 4.42. The van der Waals surface area contributed by atoms with Gasteiger partial charge in [0.1, 0.15) is 0 Å². The normalized spacial score (nSPS) is 26.4. The van der Waals surface area contributed by atoms with E-state index in [4.69, 9.17) is 0 Å². The number of likely N-dealkylation sites (tertiary alicyclic amines) is 1. The summed E-state index contributed by atoms with van der Waals surface area (Å²) in [7, 11) is 0. The zero-order valence-electron chi connectivity index (χ0n) is 10.9. The highest BCUT2D eigenvalue weighted by Crippen LogP contribution is 2.33. The van der Waals surface area contributed by atoms with Crippen LogP contribution < -0.4 is 5.32 Å². The summed E-state index contributed by atoms with van der Waals surface area (Å²) in [6.07, 6.45) is 8.65. The van der Waals surface area contributed by atoms with Crippen LogP contribution in [-0.4, -0.2) is 37.6 Å². The van der Waals surface area contributed by atoms with Crippen LogP contribution in [0.1, 0.15) is 45.4 Å². The van der Waals surface area contributed by atoms with Crippen LogP contribution in [0.25, 0.3) is 0 Å². The lowest BCUT2D eigenvalue weighted by Crippen LogP contribution is -2.27. The summed E-state index contributed by atoms with van der Waals surface area (Å²) < 4.78 is 0. The minimum Gasteiger partial charge on any atom is -0.316 e. The van der Waals surface area contributed by atoms with Gasteiger partial charge in [0.25, 0.3) is 0 Å². The standard InChI is InChI=1S/C14H28N2/c1-2-8-15-11-14-7-10-16(12-14)9-3-4-13-5-6-13/h13-15H,2-12H2,1H3. The van der Waals surface area contributed by atoms with Crippen molar-refractivity contribution in [2.45, 2.75) is 45.4 Å². The maximum Gasteiger partial charge on any atom is 0.00223 e. The molecule has 1 aliphatic carbocycles. The van der Waals surface area contributed by atoms with Gasteiger partial charge in [0.2, 0.25) is 0 Å². The predicted molar refractivity (Wildman–Crippen MR) is 69.7 cm³/mol. The molecule has 1 N–H and O–H groups in total. The summed E-state index contributed by atoms with van der Waals surface area (Å²) in [6, 6.07) is 0. The van der Waals surface area contributed by atoms with Gasteiger partial charge in [-0.25, -0.2) is 0 Å². The lowest BCUT2D eigenvalue weighted by molar-refractivity contribution is 0.311. The maximum absolute atomic E-state index is 3.56. The molecule has 0 aromatic carbocycles. The zero-order chi connectivity index (χ0) is 11.2. The van der Waals surface area contributed by atoms with Gasteiger partial charge in [-0.2, -0.15) is 0 Å². The lowest BCUT2D eigenvalue weighted by Gasteiger charge is -2.16. The maximum atomic E-state index is 3.56. The van der Waals surface area contributed by atoms with E-state index in [0.717, 1.165) is 11.8 Å². The summed E-state index contributed by atoms with van der Waals surface area (Å²) in [5, 5.41) is 3.56. The molecule has 2 fully saturated rings. The van der Waals surface area contributed by atoms with Gasteiger partial charge < -0.3 is 10.2 Å². The van der Waals surface area contributed by atoms with E-state index in [2.05, 4.69) is 17.1 Å². The van der Waals surface area contributed by atoms with E-state index < -0.39 is 0 Å². The van der Waals surface area contributed by atoms with E-state index in [1.54, 1.807) is 0 Å². The molecule has 94 valence electrons. The molecule has 0 amide bonds. The summed E-state index contributed by atoms with van der Waals surface area (Å²) in [4.78, 5) is 2.68. The molecule has 0 aromatic rings. The minimum atomic E-state index is 0.924. The van der Waals surface area contributed by atoms with E-state index in [1.807, 2.05) is 0 Å². The third-order valence-electron chi connectivity index (χ3n) is 4.01. The highest BCUT2D eigenvalue weighted by molar-refractivity contribution is 4.78. The first-order valence-electron chi connectivity index (χ1n) is 7.31. The first-order chi connectivity index (χ1) is 7.88. The van der Waals surface area contributed by atoms with Crippen LogP contribution in [-0.2, 0) is 0 Å². The molecule has 2 rings (SSSR count). The van der Waals surface area contributed by atoms with Crippen molar-refractivity contribution >= 4 is 0 Å². The monoisotopic (exact) mass is 224 g/mol. The highest BCUT2D eigenvalue weighted by atomic mass is 15.1. The molecule has 0 spiro atoms. The summed E-state index contributed by atoms with van der Waals surface area (Å²) in [6.45, 7) is 8.74. The first kappa shape index (κ1) is 12.4. The van der Waals surface area contributed by atoms with Gasteiger partial charge >= 0.3 is 0 Å². The van der Waals surface area contributed by atoms with Crippen molar-refractivity contribution in [2.75, 3.05) is 32.7 Å². The van der Waals surface area contributed by atoms with Gasteiger partial charge in [0.05, 0.1) is 0 Å². The Kier molecular flexibility index (Phi) is 5.11. The second-order valence-electron chi connectivity index (χ2n) is 5.75. The van der Waals surface area contributed by atoms with Crippen molar-refractivity contribution in [1.82, 2.24) is 10.2 Å². The smallest absolute Gasteiger partial charge is 0.00223 e. The van der Waals surface area contributed by atoms with E-state index in [9.17, 15) is 0 Å². The minimum absolute atomic E-state index is 0.924. The van der Waals surface area contributed by atoms with Crippen molar-refractivity contribution in [1.29, 1.82) is 0 Å². The molecule has 16 heavy (non-hydrogen) atoms. The molecule has 1 aliphatic heterocycles. The zero-order valence-corrected chi connectivity index (χ0v) is 10.9. The SMILES string of the molecule is CCCNCC1CCN(CCCC2CC2)C1. The molecule has 0 radical (unpaired) electrons.